The zero-order chi connectivity index (χ0) is 14.8. The normalized spacial score (nSPS) is 23.8. The van der Waals surface area contributed by atoms with Gasteiger partial charge in [-0.05, 0) is 20.3 Å². The van der Waals surface area contributed by atoms with E-state index in [9.17, 15) is 14.4 Å². The predicted molar refractivity (Wildman–Crippen MR) is 66.1 cm³/mol. The number of oxime groups is 1. The molecule has 1 fully saturated rings. The maximum absolute atomic E-state index is 12.5. The van der Waals surface area contributed by atoms with Crippen molar-refractivity contribution >= 4 is 23.6 Å². The van der Waals surface area contributed by atoms with E-state index in [0.29, 0.717) is 0 Å². The van der Waals surface area contributed by atoms with Crippen molar-refractivity contribution < 1.29 is 19.6 Å². The summed E-state index contributed by atoms with van der Waals surface area (Å²) >= 11 is 0. The Labute approximate surface area is 110 Å². The minimum Gasteiger partial charge on any atom is -0.409 e. The molecule has 4 N–H and O–H groups in total. The zero-order valence-electron chi connectivity index (χ0n) is 11.1. The lowest BCUT2D eigenvalue weighted by atomic mass is 9.84. The molecule has 0 bridgehead atoms. The van der Waals surface area contributed by atoms with Gasteiger partial charge >= 0.3 is 0 Å². The van der Waals surface area contributed by atoms with Gasteiger partial charge in [0.25, 0.3) is 0 Å². The summed E-state index contributed by atoms with van der Waals surface area (Å²) in [4.78, 5) is 36.5. The molecular weight excluding hydrogens is 252 g/mol. The molecule has 0 aromatic heterocycles. The number of nitrogens with zero attached hydrogens (tertiary/aromatic N) is 2. The molecule has 0 aromatic rings. The highest BCUT2D eigenvalue weighted by atomic mass is 16.4. The van der Waals surface area contributed by atoms with E-state index >= 15 is 0 Å². The van der Waals surface area contributed by atoms with Crippen LogP contribution in [0.4, 0.5) is 0 Å². The van der Waals surface area contributed by atoms with Gasteiger partial charge in [-0.1, -0.05) is 12.1 Å². The molecule has 106 valence electrons. The number of hydrogen-bond acceptors (Lipinski definition) is 5. The quantitative estimate of drug-likeness (QED) is 0.200. The minimum atomic E-state index is -1.25. The number of nitrogens with one attached hydrogen (secondary N) is 1. The summed E-state index contributed by atoms with van der Waals surface area (Å²) in [5.41, 5.74) is 4.30. The highest BCUT2D eigenvalue weighted by molar-refractivity contribution is 6.10. The maximum Gasteiger partial charge on any atom is 0.249 e. The first-order valence-corrected chi connectivity index (χ1v) is 5.90. The Kier molecular flexibility index (Phi) is 4.13. The van der Waals surface area contributed by atoms with Gasteiger partial charge < -0.3 is 15.8 Å². The monoisotopic (exact) mass is 270 g/mol. The van der Waals surface area contributed by atoms with E-state index in [2.05, 4.69) is 10.5 Å². The molecule has 0 aromatic carbocycles. The van der Waals surface area contributed by atoms with Crippen molar-refractivity contribution in [3.8, 4) is 0 Å². The Hall–Kier alpha value is -2.12. The summed E-state index contributed by atoms with van der Waals surface area (Å²) in [6, 6.07) is -0.775. The Bertz CT molecular complexity index is 448. The first-order valence-electron chi connectivity index (χ1n) is 5.90. The SMILES string of the molecule is CCC(C)(C(=O)N1CC(=O)NC(=O)C1C)C(N)=NO. The van der Waals surface area contributed by atoms with Crippen molar-refractivity contribution in [2.75, 3.05) is 6.54 Å². The van der Waals surface area contributed by atoms with Crippen LogP contribution in [0.15, 0.2) is 5.16 Å². The van der Waals surface area contributed by atoms with Gasteiger partial charge in [0, 0.05) is 0 Å². The smallest absolute Gasteiger partial charge is 0.249 e. The molecule has 8 heteroatoms. The number of amidine groups is 1. The van der Waals surface area contributed by atoms with Crippen LogP contribution in [0.2, 0.25) is 0 Å². The van der Waals surface area contributed by atoms with Crippen LogP contribution < -0.4 is 11.1 Å². The lowest BCUT2D eigenvalue weighted by Gasteiger charge is -2.37. The van der Waals surface area contributed by atoms with Crippen LogP contribution in [0.25, 0.3) is 0 Å². The van der Waals surface area contributed by atoms with Crippen molar-refractivity contribution in [1.82, 2.24) is 10.2 Å². The first kappa shape index (κ1) is 14.9. The van der Waals surface area contributed by atoms with Crippen LogP contribution in [0, 0.1) is 5.41 Å². The molecule has 1 heterocycles. The predicted octanol–water partition coefficient (Wildman–Crippen LogP) is -0.977. The fourth-order valence-corrected chi connectivity index (χ4v) is 1.83. The molecule has 2 atom stereocenters. The molecule has 0 saturated carbocycles. The average molecular weight is 270 g/mol. The van der Waals surface area contributed by atoms with Crippen LogP contribution >= 0.6 is 0 Å². The fourth-order valence-electron chi connectivity index (χ4n) is 1.83. The third-order valence-electron chi connectivity index (χ3n) is 3.54. The van der Waals surface area contributed by atoms with Gasteiger partial charge in [-0.2, -0.15) is 0 Å². The molecule has 1 saturated heterocycles. The molecule has 19 heavy (non-hydrogen) atoms. The molecule has 1 rings (SSSR count). The summed E-state index contributed by atoms with van der Waals surface area (Å²) in [7, 11) is 0. The third-order valence-corrected chi connectivity index (χ3v) is 3.54. The second-order valence-electron chi connectivity index (χ2n) is 4.69. The van der Waals surface area contributed by atoms with Gasteiger partial charge in [0.05, 0.1) is 0 Å². The van der Waals surface area contributed by atoms with Crippen molar-refractivity contribution in [3.05, 3.63) is 0 Å². The van der Waals surface area contributed by atoms with Gasteiger partial charge in [-0.3, -0.25) is 19.7 Å². The van der Waals surface area contributed by atoms with Gasteiger partial charge in [0.2, 0.25) is 17.7 Å². The number of amides is 3. The van der Waals surface area contributed by atoms with Crippen molar-refractivity contribution in [3.63, 3.8) is 0 Å². The molecular formula is C11H18N4O4. The third kappa shape index (κ3) is 2.51. The van der Waals surface area contributed by atoms with Gasteiger partial charge in [0.15, 0.2) is 5.84 Å². The number of rotatable bonds is 3. The van der Waals surface area contributed by atoms with E-state index in [4.69, 9.17) is 10.9 Å². The summed E-state index contributed by atoms with van der Waals surface area (Å²) < 4.78 is 0. The number of piperazine rings is 1. The molecule has 2 unspecified atom stereocenters. The van der Waals surface area contributed by atoms with Gasteiger partial charge in [-0.25, -0.2) is 0 Å². The maximum atomic E-state index is 12.5. The Balaban J connectivity index is 3.10. The van der Waals surface area contributed by atoms with E-state index < -0.39 is 29.2 Å². The van der Waals surface area contributed by atoms with Crippen LogP contribution in [-0.4, -0.2) is 46.3 Å². The molecule has 1 aliphatic rings. The first-order chi connectivity index (χ1) is 8.77. The highest BCUT2D eigenvalue weighted by Crippen LogP contribution is 2.26. The van der Waals surface area contributed by atoms with Crippen LogP contribution in [0.3, 0.4) is 0 Å². The van der Waals surface area contributed by atoms with Crippen molar-refractivity contribution in [2.24, 2.45) is 16.3 Å². The van der Waals surface area contributed by atoms with Crippen molar-refractivity contribution in [1.29, 1.82) is 0 Å². The van der Waals surface area contributed by atoms with Gasteiger partial charge in [0.1, 0.15) is 18.0 Å². The second-order valence-corrected chi connectivity index (χ2v) is 4.69. The molecule has 0 aliphatic carbocycles. The molecule has 1 aliphatic heterocycles. The van der Waals surface area contributed by atoms with E-state index in [0.717, 1.165) is 4.90 Å². The van der Waals surface area contributed by atoms with Crippen molar-refractivity contribution in [2.45, 2.75) is 33.2 Å². The van der Waals surface area contributed by atoms with E-state index in [1.807, 2.05) is 0 Å². The summed E-state index contributed by atoms with van der Waals surface area (Å²) in [6.07, 6.45) is 0.279. The Morgan fingerprint density at radius 3 is 2.68 bits per heavy atom. The molecule has 0 radical (unpaired) electrons. The van der Waals surface area contributed by atoms with Crippen LogP contribution in [-0.2, 0) is 14.4 Å². The summed E-state index contributed by atoms with van der Waals surface area (Å²) in [5, 5.41) is 13.8. The average Bonchev–Trinajstić information content (AvgIpc) is 2.39. The number of carbonyl (C=O) groups is 3. The minimum absolute atomic E-state index is 0.222. The number of carbonyl (C=O) groups excluding carboxylic acids is 3. The Morgan fingerprint density at radius 1 is 1.63 bits per heavy atom. The molecule has 3 amide bonds. The summed E-state index contributed by atoms with van der Waals surface area (Å²) in [6.45, 7) is 4.50. The van der Waals surface area contributed by atoms with E-state index in [1.54, 1.807) is 6.92 Å². The largest absolute Gasteiger partial charge is 0.409 e. The highest BCUT2D eigenvalue weighted by Gasteiger charge is 2.44. The zero-order valence-corrected chi connectivity index (χ0v) is 11.1. The van der Waals surface area contributed by atoms with Crippen LogP contribution in [0.1, 0.15) is 27.2 Å². The number of hydrogen-bond donors (Lipinski definition) is 3. The van der Waals surface area contributed by atoms with Gasteiger partial charge in [-0.15, -0.1) is 0 Å². The standard InChI is InChI=1S/C11H18N4O4/c1-4-11(3,9(12)14-19)10(18)15-5-7(16)13-8(17)6(15)2/h6,19H,4-5H2,1-3H3,(H2,12,14)(H,13,16,17). The van der Waals surface area contributed by atoms with E-state index in [1.165, 1.54) is 13.8 Å². The summed E-state index contributed by atoms with van der Waals surface area (Å²) in [5.74, 6) is -1.84. The number of imide groups is 1. The lowest BCUT2D eigenvalue weighted by Crippen LogP contribution is -2.62. The fraction of sp³-hybridized carbons (Fsp3) is 0.636. The number of nitrogens with two attached hydrogens (primary N) is 1. The molecule has 8 nitrogen and oxygen atoms in total. The second kappa shape index (κ2) is 5.25. The van der Waals surface area contributed by atoms with Crippen LogP contribution in [0.5, 0.6) is 0 Å². The topological polar surface area (TPSA) is 125 Å². The Morgan fingerprint density at radius 2 is 2.21 bits per heavy atom. The van der Waals surface area contributed by atoms with E-state index in [-0.39, 0.29) is 18.8 Å². The molecule has 0 spiro atoms. The lowest BCUT2D eigenvalue weighted by molar-refractivity contribution is -0.152.